The van der Waals surface area contributed by atoms with Crippen LogP contribution in [-0.2, 0) is 27.6 Å². The van der Waals surface area contributed by atoms with Gasteiger partial charge < -0.3 is 18.2 Å². The summed E-state index contributed by atoms with van der Waals surface area (Å²) in [5.41, 5.74) is 0.475. The summed E-state index contributed by atoms with van der Waals surface area (Å²) in [6, 6.07) is 0. The lowest BCUT2D eigenvalue weighted by Crippen LogP contribution is -2.41. The molecule has 8 heteroatoms. The molecule has 0 saturated heterocycles. The van der Waals surface area contributed by atoms with Gasteiger partial charge in [0.2, 0.25) is 0 Å². The number of methoxy groups -OCH3 is 1. The quantitative estimate of drug-likeness (QED) is 0.181. The molecule has 0 aromatic heterocycles. The molecule has 0 rings (SSSR count). The SMILES string of the molecule is CCOP(=O)(C/C=C(\C[C@H](C)CO[Si](C)(C)C(C)(C)C)C(=O)OC)OCC. The molecule has 0 aromatic carbocycles. The van der Waals surface area contributed by atoms with Crippen LogP contribution in [-0.4, -0.2) is 47.4 Å². The van der Waals surface area contributed by atoms with Crippen LogP contribution in [0.5, 0.6) is 0 Å². The fourth-order valence-electron chi connectivity index (χ4n) is 2.14. The first-order valence-electron chi connectivity index (χ1n) is 9.61. The standard InChI is InChI=1S/C19H39O6PSi/c1-10-23-26(21,24-11-2)13-12-17(18(20)22-7)14-16(3)15-25-27(8,9)19(4,5)6/h12,16H,10-11,13-15H2,1-9H3/b17-12+/t16-/m0/s1. The van der Waals surface area contributed by atoms with Crippen molar-refractivity contribution >= 4 is 21.9 Å². The molecule has 0 saturated carbocycles. The maximum atomic E-state index is 12.6. The second-order valence-corrected chi connectivity index (χ2v) is 15.1. The van der Waals surface area contributed by atoms with Gasteiger partial charge in [-0.25, -0.2) is 4.79 Å². The molecule has 1 atom stereocenters. The Bertz CT molecular complexity index is 529. The van der Waals surface area contributed by atoms with Crippen LogP contribution in [0.25, 0.3) is 0 Å². The molecular formula is C19H39O6PSi. The normalized spacial score (nSPS) is 14.9. The molecule has 0 unspecified atom stereocenters. The monoisotopic (exact) mass is 422 g/mol. The molecule has 0 heterocycles. The van der Waals surface area contributed by atoms with E-state index in [2.05, 4.69) is 33.9 Å². The fraction of sp³-hybridized carbons (Fsp3) is 0.842. The van der Waals surface area contributed by atoms with Crippen molar-refractivity contribution in [1.29, 1.82) is 0 Å². The summed E-state index contributed by atoms with van der Waals surface area (Å²) in [5, 5.41) is 0.134. The molecule has 0 radical (unpaired) electrons. The zero-order valence-corrected chi connectivity index (χ0v) is 20.5. The summed E-state index contributed by atoms with van der Waals surface area (Å²) in [4.78, 5) is 12.1. The third kappa shape index (κ3) is 9.53. The van der Waals surface area contributed by atoms with Crippen molar-refractivity contribution in [2.45, 2.75) is 66.1 Å². The number of hydrogen-bond acceptors (Lipinski definition) is 6. The molecule has 0 N–H and O–H groups in total. The molecule has 0 aliphatic heterocycles. The van der Waals surface area contributed by atoms with Gasteiger partial charge in [0.1, 0.15) is 0 Å². The van der Waals surface area contributed by atoms with Gasteiger partial charge >= 0.3 is 13.6 Å². The van der Waals surface area contributed by atoms with E-state index in [-0.39, 0.29) is 30.3 Å². The predicted molar refractivity (Wildman–Crippen MR) is 113 cm³/mol. The zero-order chi connectivity index (χ0) is 21.3. The van der Waals surface area contributed by atoms with Crippen molar-refractivity contribution in [2.24, 2.45) is 5.92 Å². The van der Waals surface area contributed by atoms with Gasteiger partial charge in [-0.2, -0.15) is 0 Å². The van der Waals surface area contributed by atoms with Crippen molar-refractivity contribution in [3.63, 3.8) is 0 Å². The van der Waals surface area contributed by atoms with Crippen LogP contribution in [0.15, 0.2) is 11.6 Å². The highest BCUT2D eigenvalue weighted by atomic mass is 31.2. The Morgan fingerprint density at radius 3 is 2.07 bits per heavy atom. The molecule has 6 nitrogen and oxygen atoms in total. The molecule has 0 aliphatic carbocycles. The van der Waals surface area contributed by atoms with E-state index in [1.54, 1.807) is 19.9 Å². The second kappa shape index (κ2) is 11.5. The molecule has 0 bridgehead atoms. The van der Waals surface area contributed by atoms with E-state index in [1.165, 1.54) is 7.11 Å². The summed E-state index contributed by atoms with van der Waals surface area (Å²) in [6.07, 6.45) is 2.16. The number of allylic oxidation sites excluding steroid dienone is 1. The van der Waals surface area contributed by atoms with E-state index < -0.39 is 21.9 Å². The summed E-state index contributed by atoms with van der Waals surface area (Å²) in [6.45, 7) is 17.7. The third-order valence-corrected chi connectivity index (χ3v) is 11.2. The van der Waals surface area contributed by atoms with E-state index >= 15 is 0 Å². The number of carbonyl (C=O) groups excluding carboxylic acids is 1. The highest BCUT2D eigenvalue weighted by Gasteiger charge is 2.37. The van der Waals surface area contributed by atoms with Gasteiger partial charge in [0.15, 0.2) is 8.32 Å². The molecular weight excluding hydrogens is 383 g/mol. The average molecular weight is 423 g/mol. The Kier molecular flexibility index (Phi) is 11.3. The van der Waals surface area contributed by atoms with E-state index in [1.807, 2.05) is 6.92 Å². The lowest BCUT2D eigenvalue weighted by Gasteiger charge is -2.37. The lowest BCUT2D eigenvalue weighted by atomic mass is 10.0. The summed E-state index contributed by atoms with van der Waals surface area (Å²) >= 11 is 0. The van der Waals surface area contributed by atoms with Crippen molar-refractivity contribution in [1.82, 2.24) is 0 Å². The maximum absolute atomic E-state index is 12.6. The van der Waals surface area contributed by atoms with Gasteiger partial charge in [-0.3, -0.25) is 4.57 Å². The van der Waals surface area contributed by atoms with Crippen LogP contribution in [0, 0.1) is 5.92 Å². The Labute approximate surface area is 166 Å². The highest BCUT2D eigenvalue weighted by Crippen LogP contribution is 2.48. The van der Waals surface area contributed by atoms with E-state index in [0.717, 1.165) is 0 Å². The highest BCUT2D eigenvalue weighted by molar-refractivity contribution is 7.54. The van der Waals surface area contributed by atoms with Gasteiger partial charge in [0, 0.05) is 12.2 Å². The van der Waals surface area contributed by atoms with Gasteiger partial charge in [0.05, 0.1) is 26.5 Å². The van der Waals surface area contributed by atoms with Crippen molar-refractivity contribution < 1.29 is 27.6 Å². The lowest BCUT2D eigenvalue weighted by molar-refractivity contribution is -0.136. The molecule has 160 valence electrons. The first-order chi connectivity index (χ1) is 12.3. The van der Waals surface area contributed by atoms with Gasteiger partial charge in [-0.05, 0) is 44.3 Å². The topological polar surface area (TPSA) is 71.1 Å². The molecule has 0 fully saturated rings. The van der Waals surface area contributed by atoms with Gasteiger partial charge in [-0.1, -0.05) is 33.8 Å². The largest absolute Gasteiger partial charge is 0.466 e. The summed E-state index contributed by atoms with van der Waals surface area (Å²) < 4.78 is 34.3. The summed E-state index contributed by atoms with van der Waals surface area (Å²) in [7, 11) is -3.74. The molecule has 27 heavy (non-hydrogen) atoms. The van der Waals surface area contributed by atoms with Crippen LogP contribution in [0.3, 0.4) is 0 Å². The van der Waals surface area contributed by atoms with Gasteiger partial charge in [0.25, 0.3) is 0 Å². The molecule has 0 aliphatic rings. The molecule has 0 aromatic rings. The average Bonchev–Trinajstić information content (AvgIpc) is 2.55. The van der Waals surface area contributed by atoms with Crippen LogP contribution in [0.4, 0.5) is 0 Å². The number of hydrogen-bond donors (Lipinski definition) is 0. The Morgan fingerprint density at radius 2 is 1.67 bits per heavy atom. The number of esters is 1. The van der Waals surface area contributed by atoms with Crippen LogP contribution in [0.1, 0.15) is 48.0 Å². The van der Waals surface area contributed by atoms with E-state index in [9.17, 15) is 9.36 Å². The van der Waals surface area contributed by atoms with E-state index in [4.69, 9.17) is 18.2 Å². The Balaban J connectivity index is 5.11. The molecule has 0 spiro atoms. The van der Waals surface area contributed by atoms with Crippen LogP contribution in [0.2, 0.25) is 18.1 Å². The van der Waals surface area contributed by atoms with E-state index in [0.29, 0.717) is 18.6 Å². The summed E-state index contributed by atoms with van der Waals surface area (Å²) in [5.74, 6) is -0.295. The Morgan fingerprint density at radius 1 is 1.15 bits per heavy atom. The van der Waals surface area contributed by atoms with Crippen LogP contribution >= 0.6 is 7.60 Å². The first kappa shape index (κ1) is 26.5. The minimum atomic E-state index is -3.24. The maximum Gasteiger partial charge on any atom is 0.334 e. The van der Waals surface area contributed by atoms with Crippen molar-refractivity contribution in [3.8, 4) is 0 Å². The van der Waals surface area contributed by atoms with Gasteiger partial charge in [-0.15, -0.1) is 0 Å². The minimum absolute atomic E-state index is 0.0505. The second-order valence-electron chi connectivity index (χ2n) is 8.23. The fourth-order valence-corrected chi connectivity index (χ4v) is 4.79. The van der Waals surface area contributed by atoms with Crippen molar-refractivity contribution in [2.75, 3.05) is 33.1 Å². The first-order valence-corrected chi connectivity index (χ1v) is 14.2. The minimum Gasteiger partial charge on any atom is -0.466 e. The Hall–Kier alpha value is -0.463. The zero-order valence-electron chi connectivity index (χ0n) is 18.6. The number of rotatable bonds is 12. The van der Waals surface area contributed by atoms with Crippen molar-refractivity contribution in [3.05, 3.63) is 11.6 Å². The predicted octanol–water partition coefficient (Wildman–Crippen LogP) is 5.40. The van der Waals surface area contributed by atoms with Crippen LogP contribution < -0.4 is 0 Å². The number of ether oxygens (including phenoxy) is 1. The third-order valence-electron chi connectivity index (χ3n) is 4.76. The smallest absolute Gasteiger partial charge is 0.334 e. The molecule has 0 amide bonds. The number of carbonyl (C=O) groups is 1.